The Labute approximate surface area is 202 Å². The van der Waals surface area contributed by atoms with E-state index in [0.29, 0.717) is 5.56 Å². The van der Waals surface area contributed by atoms with Gasteiger partial charge in [-0.25, -0.2) is 19.3 Å². The summed E-state index contributed by atoms with van der Waals surface area (Å²) in [6.45, 7) is 21.4. The van der Waals surface area contributed by atoms with Crippen LogP contribution in [-0.4, -0.2) is 13.1 Å². The van der Waals surface area contributed by atoms with Crippen molar-refractivity contribution in [3.05, 3.63) is 112 Å². The van der Waals surface area contributed by atoms with Crippen molar-refractivity contribution >= 4 is 17.3 Å². The number of nitrogens with zero attached hydrogens (tertiary/aromatic N) is 4. The van der Waals surface area contributed by atoms with E-state index in [1.807, 2.05) is 24.3 Å². The molecule has 2 aromatic rings. The molecule has 0 aliphatic heterocycles. The third kappa shape index (κ3) is 7.47. The molecule has 4 nitrogen and oxygen atoms in total. The second-order valence-corrected chi connectivity index (χ2v) is 7.76. The Morgan fingerprint density at radius 3 is 2.09 bits per heavy atom. The molecule has 0 fully saturated rings. The fraction of sp³-hybridized carbons (Fsp3) is 0.276. The zero-order valence-electron chi connectivity index (χ0n) is 19.8. The van der Waals surface area contributed by atoms with Crippen molar-refractivity contribution in [2.75, 3.05) is 18.0 Å². The second kappa shape index (κ2) is 14.1. The predicted molar refractivity (Wildman–Crippen MR) is 138 cm³/mol. The van der Waals surface area contributed by atoms with Gasteiger partial charge in [0.15, 0.2) is 5.70 Å². The summed E-state index contributed by atoms with van der Waals surface area (Å²) in [6, 6.07) is 15.6. The van der Waals surface area contributed by atoms with Crippen LogP contribution in [0.15, 0.2) is 72.1 Å². The van der Waals surface area contributed by atoms with Gasteiger partial charge in [0.2, 0.25) is 0 Å². The molecule has 0 heterocycles. The number of hydrogen-bond donors (Lipinski definition) is 0. The van der Waals surface area contributed by atoms with Crippen LogP contribution in [0, 0.1) is 30.3 Å². The van der Waals surface area contributed by atoms with Crippen LogP contribution in [0.25, 0.3) is 21.3 Å². The summed E-state index contributed by atoms with van der Waals surface area (Å²) >= 11 is 0. The molecule has 0 N–H and O–H groups in total. The van der Waals surface area contributed by atoms with Gasteiger partial charge in [-0.3, -0.25) is 0 Å². The van der Waals surface area contributed by atoms with Crippen LogP contribution < -0.4 is 4.90 Å². The quantitative estimate of drug-likeness (QED) is 0.197. The molecule has 2 rings (SSSR count). The van der Waals surface area contributed by atoms with Crippen LogP contribution >= 0.6 is 0 Å². The molecule has 0 aromatic heterocycles. The Bertz CT molecular complexity index is 1130. The summed E-state index contributed by atoms with van der Waals surface area (Å²) in [5.41, 5.74) is 2.79. The lowest BCUT2D eigenvalue weighted by Crippen LogP contribution is -2.25. The average molecular weight is 453 g/mol. The Hall–Kier alpha value is -4.14. The van der Waals surface area contributed by atoms with Gasteiger partial charge in [0, 0.05) is 24.4 Å². The van der Waals surface area contributed by atoms with Crippen LogP contribution in [-0.2, 0) is 0 Å². The number of anilines is 1. The minimum absolute atomic E-state index is 0.150. The molecule has 172 valence electrons. The standard InChI is InChI=1S/C29H29FN4/c1-5-7-20-34(21-8-6-2)26-18-12-23(13-19-26)10-9-11-27(32-3)29(28(22-31)33-4)24-14-16-25(30)17-15-24/h9-19H,5-8,20-21H2,1-2H3/b10-9+,27-11-,29-28-. The molecule has 5 heteroatoms. The van der Waals surface area contributed by atoms with E-state index in [4.69, 9.17) is 13.1 Å². The molecule has 0 spiro atoms. The number of benzene rings is 2. The highest BCUT2D eigenvalue weighted by Gasteiger charge is 2.14. The van der Waals surface area contributed by atoms with Gasteiger partial charge in [-0.05, 0) is 48.2 Å². The van der Waals surface area contributed by atoms with Gasteiger partial charge in [0.05, 0.1) is 19.2 Å². The molecule has 0 saturated heterocycles. The number of hydrogen-bond acceptors (Lipinski definition) is 2. The largest absolute Gasteiger partial charge is 0.372 e. The summed E-state index contributed by atoms with van der Waals surface area (Å²) in [7, 11) is 0. The van der Waals surface area contributed by atoms with Crippen molar-refractivity contribution in [3.8, 4) is 6.07 Å². The average Bonchev–Trinajstić information content (AvgIpc) is 2.87. The van der Waals surface area contributed by atoms with Gasteiger partial charge in [-0.15, -0.1) is 0 Å². The summed E-state index contributed by atoms with van der Waals surface area (Å²) in [6.07, 6.45) is 9.84. The molecule has 0 radical (unpaired) electrons. The van der Waals surface area contributed by atoms with Crippen molar-refractivity contribution in [1.82, 2.24) is 0 Å². The van der Waals surface area contributed by atoms with Crippen molar-refractivity contribution in [3.63, 3.8) is 0 Å². The van der Waals surface area contributed by atoms with E-state index in [1.165, 1.54) is 30.0 Å². The number of unbranched alkanes of at least 4 members (excludes halogenated alkanes) is 2. The van der Waals surface area contributed by atoms with Crippen LogP contribution in [0.1, 0.15) is 50.7 Å². The first-order chi connectivity index (χ1) is 16.6. The molecule has 0 bridgehead atoms. The third-order valence-corrected chi connectivity index (χ3v) is 5.33. The number of nitriles is 1. The van der Waals surface area contributed by atoms with E-state index in [-0.39, 0.29) is 17.0 Å². The van der Waals surface area contributed by atoms with Gasteiger partial charge in [-0.1, -0.05) is 69.2 Å². The zero-order chi connectivity index (χ0) is 24.8. The molecule has 0 atom stereocenters. The third-order valence-electron chi connectivity index (χ3n) is 5.33. The van der Waals surface area contributed by atoms with E-state index < -0.39 is 5.82 Å². The fourth-order valence-electron chi connectivity index (χ4n) is 3.45. The predicted octanol–water partition coefficient (Wildman–Crippen LogP) is 7.90. The summed E-state index contributed by atoms with van der Waals surface area (Å²) in [5, 5.41) is 9.39. The summed E-state index contributed by atoms with van der Waals surface area (Å²) < 4.78 is 13.4. The minimum atomic E-state index is -0.427. The lowest BCUT2D eigenvalue weighted by molar-refractivity contribution is 0.627. The topological polar surface area (TPSA) is 35.8 Å². The van der Waals surface area contributed by atoms with Gasteiger partial charge in [0.1, 0.15) is 5.82 Å². The molecule has 2 aromatic carbocycles. The first-order valence-electron chi connectivity index (χ1n) is 11.5. The minimum Gasteiger partial charge on any atom is -0.372 e. The maximum absolute atomic E-state index is 13.4. The lowest BCUT2D eigenvalue weighted by Gasteiger charge is -2.24. The second-order valence-electron chi connectivity index (χ2n) is 7.76. The fourth-order valence-corrected chi connectivity index (χ4v) is 3.45. The molecule has 0 unspecified atom stereocenters. The van der Waals surface area contributed by atoms with Gasteiger partial charge in [0.25, 0.3) is 5.70 Å². The highest BCUT2D eigenvalue weighted by Crippen LogP contribution is 2.29. The first-order valence-corrected chi connectivity index (χ1v) is 11.5. The van der Waals surface area contributed by atoms with E-state index in [0.717, 1.165) is 44.3 Å². The van der Waals surface area contributed by atoms with Crippen LogP contribution in [0.4, 0.5) is 10.1 Å². The molecule has 0 saturated carbocycles. The highest BCUT2D eigenvalue weighted by atomic mass is 19.1. The van der Waals surface area contributed by atoms with Gasteiger partial charge >= 0.3 is 0 Å². The Morgan fingerprint density at radius 2 is 1.59 bits per heavy atom. The molecule has 0 aliphatic carbocycles. The lowest BCUT2D eigenvalue weighted by atomic mass is 10.00. The van der Waals surface area contributed by atoms with Crippen LogP contribution in [0.2, 0.25) is 0 Å². The Morgan fingerprint density at radius 1 is 0.971 bits per heavy atom. The van der Waals surface area contributed by atoms with Crippen LogP contribution in [0.3, 0.4) is 0 Å². The molecule has 0 amide bonds. The van der Waals surface area contributed by atoms with Gasteiger partial charge < -0.3 is 4.90 Å². The smallest absolute Gasteiger partial charge is 0.259 e. The van der Waals surface area contributed by atoms with Gasteiger partial charge in [-0.2, -0.15) is 0 Å². The normalized spacial score (nSPS) is 11.9. The number of rotatable bonds is 11. The molecule has 0 aliphatic rings. The van der Waals surface area contributed by atoms with E-state index in [9.17, 15) is 9.65 Å². The van der Waals surface area contributed by atoms with E-state index in [1.54, 1.807) is 12.2 Å². The maximum Gasteiger partial charge on any atom is 0.259 e. The van der Waals surface area contributed by atoms with Crippen molar-refractivity contribution in [2.45, 2.75) is 39.5 Å². The zero-order valence-corrected chi connectivity index (χ0v) is 19.8. The SMILES string of the molecule is [C-]#[N+]C(=C\C=C\c1ccc(N(CCCC)CCCC)cc1)/C(=C(/C#N)[N+]#[C-])c1ccc(F)cc1. The van der Waals surface area contributed by atoms with Crippen molar-refractivity contribution < 1.29 is 4.39 Å². The number of allylic oxidation sites excluding steroid dienone is 4. The van der Waals surface area contributed by atoms with Crippen LogP contribution in [0.5, 0.6) is 0 Å². The first kappa shape index (κ1) is 26.1. The van der Waals surface area contributed by atoms with Crippen molar-refractivity contribution in [1.29, 1.82) is 5.26 Å². The Kier molecular flexibility index (Phi) is 10.8. The Balaban J connectivity index is 2.29. The molecular weight excluding hydrogens is 423 g/mol. The monoisotopic (exact) mass is 452 g/mol. The summed E-state index contributed by atoms with van der Waals surface area (Å²) in [4.78, 5) is 9.23. The molecular formula is C29H29FN4. The highest BCUT2D eigenvalue weighted by molar-refractivity contribution is 5.86. The van der Waals surface area contributed by atoms with Crippen molar-refractivity contribution in [2.24, 2.45) is 0 Å². The molecule has 34 heavy (non-hydrogen) atoms. The maximum atomic E-state index is 13.4. The van der Waals surface area contributed by atoms with E-state index in [2.05, 4.69) is 40.6 Å². The number of halogens is 1. The summed E-state index contributed by atoms with van der Waals surface area (Å²) in [5.74, 6) is -0.427. The van der Waals surface area contributed by atoms with E-state index >= 15 is 0 Å².